The van der Waals surface area contributed by atoms with E-state index in [4.69, 9.17) is 0 Å². The molecule has 0 aliphatic heterocycles. The van der Waals surface area contributed by atoms with E-state index in [-0.39, 0.29) is 34.8 Å². The van der Waals surface area contributed by atoms with Crippen molar-refractivity contribution in [2.45, 2.75) is 122 Å². The Kier molecular flexibility index (Phi) is 9.66. The zero-order chi connectivity index (χ0) is 24.0. The van der Waals surface area contributed by atoms with Crippen LogP contribution in [0.15, 0.2) is 0 Å². The van der Waals surface area contributed by atoms with E-state index in [0.717, 1.165) is 51.5 Å². The number of nitrogens with zero attached hydrogens (tertiary/aromatic N) is 1. The summed E-state index contributed by atoms with van der Waals surface area (Å²) < 4.78 is 24.2. The zero-order valence-electron chi connectivity index (χ0n) is 21.1. The Bertz CT molecular complexity index is 754. The Labute approximate surface area is 201 Å². The Morgan fingerprint density at radius 1 is 0.909 bits per heavy atom. The molecule has 3 fully saturated rings. The van der Waals surface area contributed by atoms with E-state index in [2.05, 4.69) is 24.1 Å². The molecule has 3 saturated carbocycles. The molecule has 0 bridgehead atoms. The molecule has 3 unspecified atom stereocenters. The van der Waals surface area contributed by atoms with Crippen LogP contribution in [0.2, 0.25) is 0 Å². The van der Waals surface area contributed by atoms with Crippen LogP contribution in [-0.2, 0) is 19.4 Å². The highest BCUT2D eigenvalue weighted by molar-refractivity contribution is 7.92. The van der Waals surface area contributed by atoms with Gasteiger partial charge in [-0.25, -0.2) is 8.42 Å². The van der Waals surface area contributed by atoms with Gasteiger partial charge < -0.3 is 10.2 Å². The lowest BCUT2D eigenvalue weighted by Crippen LogP contribution is -2.49. The lowest BCUT2D eigenvalue weighted by Gasteiger charge is -2.40. The molecule has 1 N–H and O–H groups in total. The summed E-state index contributed by atoms with van der Waals surface area (Å²) in [6.07, 6.45) is 12.2. The molecule has 2 amide bonds. The van der Waals surface area contributed by atoms with Crippen molar-refractivity contribution in [1.82, 2.24) is 10.2 Å². The number of sulfone groups is 1. The Balaban J connectivity index is 1.43. The summed E-state index contributed by atoms with van der Waals surface area (Å²) in [6.45, 7) is 6.79. The van der Waals surface area contributed by atoms with Crippen molar-refractivity contribution in [1.29, 1.82) is 0 Å². The molecule has 3 atom stereocenters. The van der Waals surface area contributed by atoms with Crippen LogP contribution in [0.25, 0.3) is 0 Å². The number of nitrogens with one attached hydrogen (secondary N) is 1. The minimum Gasteiger partial charge on any atom is -0.353 e. The first-order valence-corrected chi connectivity index (χ1v) is 15.3. The normalized spacial score (nSPS) is 31.7. The maximum absolute atomic E-state index is 13.3. The molecule has 6 nitrogen and oxygen atoms in total. The van der Waals surface area contributed by atoms with Gasteiger partial charge in [0.15, 0.2) is 9.84 Å². The second kappa shape index (κ2) is 12.0. The van der Waals surface area contributed by atoms with Gasteiger partial charge in [0.25, 0.3) is 0 Å². The molecular weight excluding hydrogens is 436 g/mol. The highest BCUT2D eigenvalue weighted by Crippen LogP contribution is 2.34. The number of hydrogen-bond donors (Lipinski definition) is 1. The molecule has 3 aliphatic rings. The van der Waals surface area contributed by atoms with E-state index < -0.39 is 9.84 Å². The molecule has 0 heterocycles. The van der Waals surface area contributed by atoms with Gasteiger partial charge in [-0.2, -0.15) is 0 Å². The van der Waals surface area contributed by atoms with E-state index in [1.165, 1.54) is 19.3 Å². The van der Waals surface area contributed by atoms with Gasteiger partial charge in [0.2, 0.25) is 11.8 Å². The SMILES string of the molecule is CCN(C(=O)C1CCC(NC(=O)CC2CCC(S(=O)(=O)CC)CC2)C(C)C1)C1CCCCC1. The largest absolute Gasteiger partial charge is 0.353 e. The summed E-state index contributed by atoms with van der Waals surface area (Å²) in [5, 5.41) is 3.04. The van der Waals surface area contributed by atoms with E-state index in [1.807, 2.05) is 0 Å². The summed E-state index contributed by atoms with van der Waals surface area (Å²) in [5.74, 6) is 1.31. The van der Waals surface area contributed by atoms with Crippen LogP contribution < -0.4 is 5.32 Å². The zero-order valence-corrected chi connectivity index (χ0v) is 21.9. The van der Waals surface area contributed by atoms with Crippen molar-refractivity contribution in [2.75, 3.05) is 12.3 Å². The highest BCUT2D eigenvalue weighted by atomic mass is 32.2. The fraction of sp³-hybridized carbons (Fsp3) is 0.923. The number of rotatable bonds is 8. The minimum absolute atomic E-state index is 0.0887. The monoisotopic (exact) mass is 482 g/mol. The van der Waals surface area contributed by atoms with Gasteiger partial charge in [0.1, 0.15) is 0 Å². The lowest BCUT2D eigenvalue weighted by atomic mass is 9.77. The molecular formula is C26H46N2O4S. The fourth-order valence-electron chi connectivity index (χ4n) is 6.51. The molecule has 7 heteroatoms. The van der Waals surface area contributed by atoms with Gasteiger partial charge in [0, 0.05) is 36.7 Å². The van der Waals surface area contributed by atoms with Gasteiger partial charge in [-0.1, -0.05) is 33.1 Å². The lowest BCUT2D eigenvalue weighted by molar-refractivity contribution is -0.140. The average molecular weight is 483 g/mol. The number of hydrogen-bond acceptors (Lipinski definition) is 4. The first-order chi connectivity index (χ1) is 15.7. The average Bonchev–Trinajstić information content (AvgIpc) is 2.82. The van der Waals surface area contributed by atoms with Crippen molar-refractivity contribution < 1.29 is 18.0 Å². The van der Waals surface area contributed by atoms with Gasteiger partial charge in [0.05, 0.1) is 5.25 Å². The molecule has 3 aliphatic carbocycles. The predicted octanol–water partition coefficient (Wildman–Crippen LogP) is 4.47. The Hall–Kier alpha value is -1.11. The van der Waals surface area contributed by atoms with Crippen LogP contribution in [-0.4, -0.2) is 54.8 Å². The third-order valence-corrected chi connectivity index (χ3v) is 11.0. The fourth-order valence-corrected chi connectivity index (χ4v) is 7.98. The van der Waals surface area contributed by atoms with E-state index >= 15 is 0 Å². The molecule has 0 spiro atoms. The molecule has 0 aromatic carbocycles. The summed E-state index contributed by atoms with van der Waals surface area (Å²) in [6, 6.07) is 0.564. The topological polar surface area (TPSA) is 83.6 Å². The van der Waals surface area contributed by atoms with Crippen molar-refractivity contribution in [3.05, 3.63) is 0 Å². The van der Waals surface area contributed by atoms with Gasteiger partial charge in [-0.15, -0.1) is 0 Å². The molecule has 0 aromatic rings. The van der Waals surface area contributed by atoms with Gasteiger partial charge in [-0.05, 0) is 76.5 Å². The van der Waals surface area contributed by atoms with Gasteiger partial charge >= 0.3 is 0 Å². The predicted molar refractivity (Wildman–Crippen MR) is 133 cm³/mol. The molecule has 0 radical (unpaired) electrons. The molecule has 3 rings (SSSR count). The van der Waals surface area contributed by atoms with E-state index in [1.54, 1.807) is 6.92 Å². The first-order valence-electron chi connectivity index (χ1n) is 13.6. The van der Waals surface area contributed by atoms with Crippen LogP contribution in [0, 0.1) is 17.8 Å². The van der Waals surface area contributed by atoms with E-state index in [0.29, 0.717) is 37.1 Å². The van der Waals surface area contributed by atoms with Gasteiger partial charge in [-0.3, -0.25) is 9.59 Å². The Morgan fingerprint density at radius 2 is 1.58 bits per heavy atom. The van der Waals surface area contributed by atoms with Crippen molar-refractivity contribution in [2.24, 2.45) is 17.8 Å². The van der Waals surface area contributed by atoms with Crippen LogP contribution in [0.4, 0.5) is 0 Å². The Morgan fingerprint density at radius 3 is 2.15 bits per heavy atom. The third kappa shape index (κ3) is 6.95. The first kappa shape index (κ1) is 26.5. The molecule has 33 heavy (non-hydrogen) atoms. The van der Waals surface area contributed by atoms with Crippen LogP contribution >= 0.6 is 0 Å². The second-order valence-corrected chi connectivity index (χ2v) is 13.4. The van der Waals surface area contributed by atoms with Crippen molar-refractivity contribution in [3.63, 3.8) is 0 Å². The quantitative estimate of drug-likeness (QED) is 0.553. The summed E-state index contributed by atoms with van der Waals surface area (Å²) >= 11 is 0. The third-order valence-electron chi connectivity index (χ3n) is 8.68. The van der Waals surface area contributed by atoms with Crippen LogP contribution in [0.5, 0.6) is 0 Å². The molecule has 0 saturated heterocycles. The van der Waals surface area contributed by atoms with Crippen molar-refractivity contribution >= 4 is 21.7 Å². The maximum atomic E-state index is 13.3. The number of carbonyl (C=O) groups is 2. The minimum atomic E-state index is -2.96. The van der Waals surface area contributed by atoms with Crippen LogP contribution in [0.1, 0.15) is 104 Å². The maximum Gasteiger partial charge on any atom is 0.225 e. The summed E-state index contributed by atoms with van der Waals surface area (Å²) in [5.41, 5.74) is 0. The smallest absolute Gasteiger partial charge is 0.225 e. The van der Waals surface area contributed by atoms with Crippen molar-refractivity contribution in [3.8, 4) is 0 Å². The highest BCUT2D eigenvalue weighted by Gasteiger charge is 2.36. The summed E-state index contributed by atoms with van der Waals surface area (Å²) in [7, 11) is -2.96. The second-order valence-electron chi connectivity index (χ2n) is 10.9. The number of carbonyl (C=O) groups excluding carboxylic acids is 2. The molecule has 190 valence electrons. The van der Waals surface area contributed by atoms with E-state index in [9.17, 15) is 18.0 Å². The number of amides is 2. The molecule has 0 aromatic heterocycles. The summed E-state index contributed by atoms with van der Waals surface area (Å²) in [4.78, 5) is 28.2. The standard InChI is InChI=1S/C26H46N2O4S/c1-4-28(22-9-7-6-8-10-22)26(30)21-13-16-24(19(3)17-21)27-25(29)18-20-11-14-23(15-12-20)33(31,32)5-2/h19-24H,4-18H2,1-3H3,(H,27,29). The van der Waals surface area contributed by atoms with Crippen LogP contribution in [0.3, 0.4) is 0 Å².